The fourth-order valence-corrected chi connectivity index (χ4v) is 1.43. The van der Waals surface area contributed by atoms with Gasteiger partial charge in [0, 0.05) is 5.56 Å². The van der Waals surface area contributed by atoms with Crippen LogP contribution in [0.2, 0.25) is 0 Å². The van der Waals surface area contributed by atoms with Crippen LogP contribution in [0.1, 0.15) is 17.3 Å². The molecule has 21 heavy (non-hydrogen) atoms. The second kappa shape index (κ2) is 6.48. The number of nitrogens with two attached hydrogens (primary N) is 2. The first kappa shape index (κ1) is 14.5. The third kappa shape index (κ3) is 3.76. The van der Waals surface area contributed by atoms with Gasteiger partial charge in [0.25, 0.3) is 0 Å². The maximum absolute atomic E-state index is 11.0. The van der Waals surface area contributed by atoms with Crippen molar-refractivity contribution in [2.24, 2.45) is 11.6 Å². The summed E-state index contributed by atoms with van der Waals surface area (Å²) in [5.41, 5.74) is 7.82. The Labute approximate surface area is 120 Å². The van der Waals surface area contributed by atoms with Crippen LogP contribution in [0.4, 0.5) is 5.95 Å². The third-order valence-electron chi connectivity index (χ3n) is 2.34. The molecular formula is C12H14N6O3. The van der Waals surface area contributed by atoms with E-state index in [1.165, 1.54) is 12.1 Å². The molecule has 0 aliphatic rings. The van der Waals surface area contributed by atoms with Crippen LogP contribution in [0.15, 0.2) is 24.3 Å². The van der Waals surface area contributed by atoms with Crippen LogP contribution in [0, 0.1) is 0 Å². The summed E-state index contributed by atoms with van der Waals surface area (Å²) in [5, 5.41) is 0. The summed E-state index contributed by atoms with van der Waals surface area (Å²) in [5.74, 6) is 5.28. The third-order valence-corrected chi connectivity index (χ3v) is 2.34. The van der Waals surface area contributed by atoms with Gasteiger partial charge in [-0.3, -0.25) is 10.2 Å². The lowest BCUT2D eigenvalue weighted by atomic mass is 10.2. The number of hydrogen-bond donors (Lipinski definition) is 3. The Bertz CT molecular complexity index is 631. The number of primary amides is 1. The standard InChI is InChI=1S/C12H14N6O3/c1-2-20-11-15-10(18-14)16-12(17-11)21-8-5-3-7(4-6-8)9(13)19/h3-6H,2,14H2,1H3,(H2,13,19)(H,15,16,17,18). The molecule has 0 aliphatic carbocycles. The zero-order valence-corrected chi connectivity index (χ0v) is 11.2. The number of ether oxygens (including phenoxy) is 2. The molecule has 1 aromatic heterocycles. The van der Waals surface area contributed by atoms with E-state index >= 15 is 0 Å². The molecule has 9 heteroatoms. The van der Waals surface area contributed by atoms with Crippen molar-refractivity contribution < 1.29 is 14.3 Å². The molecule has 0 aliphatic heterocycles. The van der Waals surface area contributed by atoms with Crippen molar-refractivity contribution in [3.63, 3.8) is 0 Å². The van der Waals surface area contributed by atoms with E-state index in [1.807, 2.05) is 0 Å². The molecule has 2 aromatic rings. The van der Waals surface area contributed by atoms with Gasteiger partial charge in [-0.15, -0.1) is 4.98 Å². The summed E-state index contributed by atoms with van der Waals surface area (Å²) in [6, 6.07) is 6.30. The van der Waals surface area contributed by atoms with Gasteiger partial charge >= 0.3 is 12.0 Å². The van der Waals surface area contributed by atoms with Crippen LogP contribution in [0.25, 0.3) is 0 Å². The summed E-state index contributed by atoms with van der Waals surface area (Å²) >= 11 is 0. The van der Waals surface area contributed by atoms with E-state index in [9.17, 15) is 4.79 Å². The monoisotopic (exact) mass is 290 g/mol. The van der Waals surface area contributed by atoms with Crippen molar-refractivity contribution in [1.29, 1.82) is 0 Å². The highest BCUT2D eigenvalue weighted by atomic mass is 16.5. The van der Waals surface area contributed by atoms with Crippen LogP contribution in [0.3, 0.4) is 0 Å². The minimum atomic E-state index is -0.519. The predicted octanol–water partition coefficient (Wildman–Crippen LogP) is 0.447. The van der Waals surface area contributed by atoms with Gasteiger partial charge in [-0.05, 0) is 31.2 Å². The summed E-state index contributed by atoms with van der Waals surface area (Å²) < 4.78 is 10.6. The molecule has 0 unspecified atom stereocenters. The number of aromatic nitrogens is 3. The van der Waals surface area contributed by atoms with Crippen LogP contribution >= 0.6 is 0 Å². The van der Waals surface area contributed by atoms with Crippen molar-refractivity contribution in [3.8, 4) is 17.8 Å². The van der Waals surface area contributed by atoms with Gasteiger partial charge in [-0.25, -0.2) is 5.84 Å². The van der Waals surface area contributed by atoms with Crippen LogP contribution in [-0.2, 0) is 0 Å². The fourth-order valence-electron chi connectivity index (χ4n) is 1.43. The maximum Gasteiger partial charge on any atom is 0.330 e. The Balaban J connectivity index is 2.21. The molecule has 9 nitrogen and oxygen atoms in total. The number of hydrogen-bond acceptors (Lipinski definition) is 8. The van der Waals surface area contributed by atoms with Gasteiger partial charge in [-0.2, -0.15) is 9.97 Å². The normalized spacial score (nSPS) is 10.0. The Morgan fingerprint density at radius 1 is 1.19 bits per heavy atom. The summed E-state index contributed by atoms with van der Waals surface area (Å²) in [6.07, 6.45) is 0. The maximum atomic E-state index is 11.0. The largest absolute Gasteiger partial charge is 0.464 e. The lowest BCUT2D eigenvalue weighted by molar-refractivity contribution is 0.100. The number of nitrogen functional groups attached to an aromatic ring is 1. The van der Waals surface area contributed by atoms with E-state index in [-0.39, 0.29) is 18.0 Å². The zero-order valence-electron chi connectivity index (χ0n) is 11.2. The topological polar surface area (TPSA) is 138 Å². The van der Waals surface area contributed by atoms with Crippen LogP contribution in [0.5, 0.6) is 17.8 Å². The van der Waals surface area contributed by atoms with E-state index in [2.05, 4.69) is 20.4 Å². The highest BCUT2D eigenvalue weighted by molar-refractivity contribution is 5.92. The average Bonchev–Trinajstić information content (AvgIpc) is 2.48. The number of carbonyl (C=O) groups excluding carboxylic acids is 1. The highest BCUT2D eigenvalue weighted by Crippen LogP contribution is 2.20. The SMILES string of the molecule is CCOc1nc(NN)nc(Oc2ccc(C(N)=O)cc2)n1. The second-order valence-electron chi connectivity index (χ2n) is 3.79. The number of amides is 1. The number of benzene rings is 1. The van der Waals surface area contributed by atoms with Gasteiger partial charge in [0.15, 0.2) is 0 Å². The van der Waals surface area contributed by atoms with Crippen molar-refractivity contribution >= 4 is 11.9 Å². The number of rotatable bonds is 6. The number of anilines is 1. The lowest BCUT2D eigenvalue weighted by Gasteiger charge is -2.07. The lowest BCUT2D eigenvalue weighted by Crippen LogP contribution is -2.13. The number of hydrazine groups is 1. The van der Waals surface area contributed by atoms with Gasteiger partial charge in [0.05, 0.1) is 6.61 Å². The summed E-state index contributed by atoms with van der Waals surface area (Å²) in [7, 11) is 0. The van der Waals surface area contributed by atoms with E-state index in [0.29, 0.717) is 17.9 Å². The molecular weight excluding hydrogens is 276 g/mol. The highest BCUT2D eigenvalue weighted by Gasteiger charge is 2.09. The first-order valence-electron chi connectivity index (χ1n) is 6.05. The molecule has 5 N–H and O–H groups in total. The van der Waals surface area contributed by atoms with Crippen LogP contribution < -0.4 is 26.5 Å². The quantitative estimate of drug-likeness (QED) is 0.514. The van der Waals surface area contributed by atoms with E-state index in [4.69, 9.17) is 21.1 Å². The molecule has 0 saturated heterocycles. The van der Waals surface area contributed by atoms with Crippen molar-refractivity contribution in [3.05, 3.63) is 29.8 Å². The van der Waals surface area contributed by atoms with Crippen molar-refractivity contribution in [2.45, 2.75) is 6.92 Å². The molecule has 1 aromatic carbocycles. The second-order valence-corrected chi connectivity index (χ2v) is 3.79. The number of carbonyl (C=O) groups is 1. The van der Waals surface area contributed by atoms with Crippen LogP contribution in [-0.4, -0.2) is 27.5 Å². The molecule has 0 atom stereocenters. The van der Waals surface area contributed by atoms with Gasteiger partial charge in [0.1, 0.15) is 5.75 Å². The minimum absolute atomic E-state index is 0.00762. The molecule has 1 heterocycles. The molecule has 2 rings (SSSR count). The average molecular weight is 290 g/mol. The Kier molecular flexibility index (Phi) is 4.46. The molecule has 0 spiro atoms. The van der Waals surface area contributed by atoms with E-state index in [0.717, 1.165) is 0 Å². The Morgan fingerprint density at radius 3 is 2.43 bits per heavy atom. The van der Waals surface area contributed by atoms with Gasteiger partial charge in [0.2, 0.25) is 11.9 Å². The molecule has 1 amide bonds. The fraction of sp³-hybridized carbons (Fsp3) is 0.167. The summed E-state index contributed by atoms with van der Waals surface area (Å²) in [4.78, 5) is 22.8. The Hall–Kier alpha value is -2.94. The van der Waals surface area contributed by atoms with Crippen molar-refractivity contribution in [2.75, 3.05) is 12.0 Å². The smallest absolute Gasteiger partial charge is 0.330 e. The molecule has 0 radical (unpaired) electrons. The number of nitrogens with one attached hydrogen (secondary N) is 1. The van der Waals surface area contributed by atoms with Gasteiger partial charge < -0.3 is 15.2 Å². The van der Waals surface area contributed by atoms with E-state index < -0.39 is 5.91 Å². The van der Waals surface area contributed by atoms with Crippen molar-refractivity contribution in [1.82, 2.24) is 15.0 Å². The zero-order chi connectivity index (χ0) is 15.2. The molecule has 0 bridgehead atoms. The van der Waals surface area contributed by atoms with Gasteiger partial charge in [-0.1, -0.05) is 0 Å². The first-order valence-corrected chi connectivity index (χ1v) is 6.05. The van der Waals surface area contributed by atoms with E-state index in [1.54, 1.807) is 19.1 Å². The first-order chi connectivity index (χ1) is 10.1. The molecule has 0 saturated carbocycles. The number of nitrogens with zero attached hydrogens (tertiary/aromatic N) is 3. The molecule has 110 valence electrons. The minimum Gasteiger partial charge on any atom is -0.464 e. The molecule has 0 fully saturated rings. The Morgan fingerprint density at radius 2 is 1.86 bits per heavy atom. The predicted molar refractivity (Wildman–Crippen MR) is 73.8 cm³/mol. The summed E-state index contributed by atoms with van der Waals surface area (Å²) in [6.45, 7) is 2.18.